The number of nitrogens with one attached hydrogen (secondary N) is 2. The summed E-state index contributed by atoms with van der Waals surface area (Å²) in [4.78, 5) is 12.1. The Labute approximate surface area is 163 Å². The lowest BCUT2D eigenvalue weighted by atomic mass is 10.3. The molecule has 9 heteroatoms. The first-order chi connectivity index (χ1) is 12.9. The van der Waals surface area contributed by atoms with Crippen LogP contribution in [0.5, 0.6) is 0 Å². The number of sulfonamides is 1. The van der Waals surface area contributed by atoms with Gasteiger partial charge >= 0.3 is 0 Å². The topological polar surface area (TPSA) is 91.6 Å². The molecule has 1 aliphatic heterocycles. The molecule has 0 unspecified atom stereocenters. The van der Waals surface area contributed by atoms with Crippen molar-refractivity contribution in [2.75, 3.05) is 18.4 Å². The number of rotatable bonds is 5. The lowest BCUT2D eigenvalue weighted by Crippen LogP contribution is -2.32. The second-order valence-corrected chi connectivity index (χ2v) is 8.27. The highest BCUT2D eigenvalue weighted by atomic mass is 32.2. The average molecular weight is 406 g/mol. The van der Waals surface area contributed by atoms with E-state index in [2.05, 4.69) is 10.6 Å². The molecule has 1 amide bonds. The van der Waals surface area contributed by atoms with Crippen LogP contribution in [0, 0.1) is 0 Å². The number of carbonyl (C=O) groups excluding carboxylic acids is 1. The van der Waals surface area contributed by atoms with Crippen molar-refractivity contribution in [3.05, 3.63) is 54.5 Å². The Bertz CT molecular complexity index is 929. The minimum Gasteiger partial charge on any atom is -0.465 e. The van der Waals surface area contributed by atoms with E-state index in [-0.39, 0.29) is 10.0 Å². The monoisotopic (exact) mass is 405 g/mol. The number of carbonyl (C=O) groups is 1. The van der Waals surface area contributed by atoms with Gasteiger partial charge in [-0.1, -0.05) is 0 Å². The first-order valence-corrected chi connectivity index (χ1v) is 10.2. The molecule has 0 aliphatic carbocycles. The quantitative estimate of drug-likeness (QED) is 0.587. The van der Waals surface area contributed by atoms with Gasteiger partial charge < -0.3 is 9.73 Å². The summed E-state index contributed by atoms with van der Waals surface area (Å²) in [5.74, 6) is 0.149. The van der Waals surface area contributed by atoms with E-state index in [0.717, 1.165) is 12.8 Å². The summed E-state index contributed by atoms with van der Waals surface area (Å²) in [6, 6.07) is 9.71. The molecular weight excluding hydrogens is 386 g/mol. The molecule has 1 aliphatic rings. The van der Waals surface area contributed by atoms with Gasteiger partial charge in [-0.15, -0.1) is 0 Å². The zero-order valence-corrected chi connectivity index (χ0v) is 16.1. The van der Waals surface area contributed by atoms with Gasteiger partial charge in [0, 0.05) is 24.9 Å². The molecule has 0 spiro atoms. The molecule has 0 atom stereocenters. The summed E-state index contributed by atoms with van der Waals surface area (Å²) in [5.41, 5.74) is 0.579. The van der Waals surface area contributed by atoms with Crippen molar-refractivity contribution in [1.29, 1.82) is 0 Å². The number of furan rings is 1. The average Bonchev–Trinajstić information content (AvgIpc) is 3.34. The second-order valence-electron chi connectivity index (χ2n) is 5.93. The number of anilines is 1. The van der Waals surface area contributed by atoms with Crippen LogP contribution in [0.25, 0.3) is 6.08 Å². The number of benzene rings is 1. The maximum atomic E-state index is 12.5. The number of amides is 1. The fraction of sp³-hybridized carbons (Fsp3) is 0.222. The molecular formula is C18H19N3O4S2. The molecule has 1 fully saturated rings. The highest BCUT2D eigenvalue weighted by molar-refractivity contribution is 7.89. The van der Waals surface area contributed by atoms with E-state index in [1.54, 1.807) is 24.3 Å². The minimum absolute atomic E-state index is 0.110. The van der Waals surface area contributed by atoms with Crippen molar-refractivity contribution < 1.29 is 17.6 Å². The van der Waals surface area contributed by atoms with Crippen molar-refractivity contribution in [3.8, 4) is 0 Å². The van der Waals surface area contributed by atoms with Crippen molar-refractivity contribution in [2.45, 2.75) is 17.7 Å². The molecule has 1 saturated heterocycles. The van der Waals surface area contributed by atoms with Gasteiger partial charge in [-0.05, 0) is 67.5 Å². The van der Waals surface area contributed by atoms with E-state index in [1.807, 2.05) is 0 Å². The molecule has 0 radical (unpaired) electrons. The largest absolute Gasteiger partial charge is 0.465 e. The van der Waals surface area contributed by atoms with Gasteiger partial charge in [0.05, 0.1) is 11.2 Å². The van der Waals surface area contributed by atoms with Crippen molar-refractivity contribution >= 4 is 45.0 Å². The molecule has 2 N–H and O–H groups in total. The lowest BCUT2D eigenvalue weighted by molar-refractivity contribution is -0.115. The van der Waals surface area contributed by atoms with Crippen LogP contribution < -0.4 is 10.6 Å². The smallest absolute Gasteiger partial charge is 0.250 e. The standard InChI is InChI=1S/C18H19N3O4S2/c22-17(10-7-15-4-3-13-25-15)20-18(26)19-14-5-8-16(9-6-14)27(23,24)21-11-1-2-12-21/h3-10,13H,1-2,11-12H2,(H2,19,20,22,26). The third-order valence-electron chi connectivity index (χ3n) is 3.99. The zero-order chi connectivity index (χ0) is 19.3. The van der Waals surface area contributed by atoms with Gasteiger partial charge in [-0.25, -0.2) is 8.42 Å². The Balaban J connectivity index is 1.56. The Hall–Kier alpha value is -2.49. The summed E-state index contributed by atoms with van der Waals surface area (Å²) >= 11 is 5.09. The molecule has 142 valence electrons. The summed E-state index contributed by atoms with van der Waals surface area (Å²) in [7, 11) is -3.45. The van der Waals surface area contributed by atoms with Crippen molar-refractivity contribution in [2.24, 2.45) is 0 Å². The maximum absolute atomic E-state index is 12.5. The van der Waals surface area contributed by atoms with E-state index in [4.69, 9.17) is 16.6 Å². The van der Waals surface area contributed by atoms with Crippen molar-refractivity contribution in [3.63, 3.8) is 0 Å². The molecule has 27 heavy (non-hydrogen) atoms. The molecule has 1 aromatic heterocycles. The number of hydrogen-bond donors (Lipinski definition) is 2. The van der Waals surface area contributed by atoms with Crippen LogP contribution in [0.3, 0.4) is 0 Å². The third-order valence-corrected chi connectivity index (χ3v) is 6.11. The molecule has 2 aromatic rings. The van der Waals surface area contributed by atoms with Crippen molar-refractivity contribution in [1.82, 2.24) is 9.62 Å². The van der Waals surface area contributed by atoms with Gasteiger partial charge in [0.1, 0.15) is 5.76 Å². The Kier molecular flexibility index (Phi) is 6.04. The Morgan fingerprint density at radius 2 is 1.85 bits per heavy atom. The predicted octanol–water partition coefficient (Wildman–Crippen LogP) is 2.59. The van der Waals surface area contributed by atoms with E-state index in [0.29, 0.717) is 24.5 Å². The maximum Gasteiger partial charge on any atom is 0.250 e. The highest BCUT2D eigenvalue weighted by Gasteiger charge is 2.26. The Morgan fingerprint density at radius 1 is 1.15 bits per heavy atom. The van der Waals surface area contributed by atoms with Gasteiger partial charge in [-0.3, -0.25) is 10.1 Å². The van der Waals surface area contributed by atoms with Crippen LogP contribution in [0.4, 0.5) is 5.69 Å². The van der Waals surface area contributed by atoms with Gasteiger partial charge in [-0.2, -0.15) is 4.31 Å². The summed E-state index contributed by atoms with van der Waals surface area (Å²) < 4.78 is 31.6. The summed E-state index contributed by atoms with van der Waals surface area (Å²) in [6.45, 7) is 1.12. The van der Waals surface area contributed by atoms with Crippen LogP contribution in [-0.4, -0.2) is 36.8 Å². The molecule has 0 bridgehead atoms. The van der Waals surface area contributed by atoms with Gasteiger partial charge in [0.2, 0.25) is 15.9 Å². The molecule has 3 rings (SSSR count). The molecule has 7 nitrogen and oxygen atoms in total. The zero-order valence-electron chi connectivity index (χ0n) is 14.4. The molecule has 0 saturated carbocycles. The van der Waals surface area contributed by atoms with Crippen LogP contribution >= 0.6 is 12.2 Å². The normalized spacial score (nSPS) is 15.1. The first kappa shape index (κ1) is 19.3. The number of hydrogen-bond acceptors (Lipinski definition) is 5. The fourth-order valence-corrected chi connectivity index (χ4v) is 4.38. The van der Waals surface area contributed by atoms with Gasteiger partial charge in [0.15, 0.2) is 5.11 Å². The number of thiocarbonyl (C=S) groups is 1. The van der Waals surface area contributed by atoms with E-state index < -0.39 is 15.9 Å². The van der Waals surface area contributed by atoms with Crippen LogP contribution in [-0.2, 0) is 14.8 Å². The summed E-state index contributed by atoms with van der Waals surface area (Å²) in [5, 5.41) is 5.47. The lowest BCUT2D eigenvalue weighted by Gasteiger charge is -2.16. The summed E-state index contributed by atoms with van der Waals surface area (Å²) in [6.07, 6.45) is 6.12. The van der Waals surface area contributed by atoms with Crippen LogP contribution in [0.2, 0.25) is 0 Å². The highest BCUT2D eigenvalue weighted by Crippen LogP contribution is 2.22. The van der Waals surface area contributed by atoms with Crippen LogP contribution in [0.15, 0.2) is 58.1 Å². The molecule has 1 aromatic carbocycles. The van der Waals surface area contributed by atoms with Crippen LogP contribution in [0.1, 0.15) is 18.6 Å². The minimum atomic E-state index is -3.45. The molecule has 2 heterocycles. The predicted molar refractivity (Wildman–Crippen MR) is 107 cm³/mol. The second kappa shape index (κ2) is 8.47. The van der Waals surface area contributed by atoms with Gasteiger partial charge in [0.25, 0.3) is 0 Å². The first-order valence-electron chi connectivity index (χ1n) is 8.39. The number of nitrogens with zero attached hydrogens (tertiary/aromatic N) is 1. The Morgan fingerprint density at radius 3 is 2.48 bits per heavy atom. The van der Waals surface area contributed by atoms with E-state index in [1.165, 1.54) is 34.9 Å². The third kappa shape index (κ3) is 5.03. The fourth-order valence-electron chi connectivity index (χ4n) is 2.65. The van der Waals surface area contributed by atoms with E-state index in [9.17, 15) is 13.2 Å². The van der Waals surface area contributed by atoms with E-state index >= 15 is 0 Å². The SMILES string of the molecule is O=C(C=Cc1ccco1)NC(=S)Nc1ccc(S(=O)(=O)N2CCCC2)cc1.